The highest BCUT2D eigenvalue weighted by molar-refractivity contribution is 7.99. The van der Waals surface area contributed by atoms with Crippen molar-refractivity contribution in [2.75, 3.05) is 29.5 Å². The first kappa shape index (κ1) is 12.7. The van der Waals surface area contributed by atoms with Crippen LogP contribution in [0.5, 0.6) is 0 Å². The molecule has 1 aliphatic heterocycles. The summed E-state index contributed by atoms with van der Waals surface area (Å²) in [5.74, 6) is 1.92. The molecule has 0 saturated carbocycles. The van der Waals surface area contributed by atoms with Crippen molar-refractivity contribution in [3.63, 3.8) is 0 Å². The first-order valence-electron chi connectivity index (χ1n) is 5.99. The fraction of sp³-hybridized carbons (Fsp3) is 0.538. The molecule has 1 heterocycles. The molecule has 1 atom stereocenters. The van der Waals surface area contributed by atoms with E-state index >= 15 is 0 Å². The number of halogens is 1. The van der Waals surface area contributed by atoms with E-state index in [4.69, 9.17) is 0 Å². The molecule has 1 saturated heterocycles. The van der Waals surface area contributed by atoms with Gasteiger partial charge >= 0.3 is 0 Å². The molecule has 0 radical (unpaired) electrons. The monoisotopic (exact) mass is 255 g/mol. The van der Waals surface area contributed by atoms with E-state index in [0.717, 1.165) is 36.7 Å². The van der Waals surface area contributed by atoms with Crippen LogP contribution in [0.2, 0.25) is 0 Å². The highest BCUT2D eigenvalue weighted by atomic mass is 32.2. The highest BCUT2D eigenvalue weighted by Gasteiger charge is 2.19. The predicted molar refractivity (Wildman–Crippen MR) is 71.2 cm³/mol. The molecule has 0 spiro atoms. The van der Waals surface area contributed by atoms with E-state index in [-0.39, 0.29) is 5.82 Å². The SMILES string of the molecule is CC(O)c1c(F)cccc1N1CCCSCC1. The minimum Gasteiger partial charge on any atom is -0.389 e. The molecule has 1 aliphatic rings. The minimum absolute atomic E-state index is 0.311. The van der Waals surface area contributed by atoms with Gasteiger partial charge in [0.15, 0.2) is 0 Å². The third-order valence-corrected chi connectivity index (χ3v) is 4.06. The van der Waals surface area contributed by atoms with Crippen molar-refractivity contribution in [3.05, 3.63) is 29.6 Å². The number of benzene rings is 1. The Labute approximate surface area is 106 Å². The van der Waals surface area contributed by atoms with Gasteiger partial charge in [-0.15, -0.1) is 0 Å². The van der Waals surface area contributed by atoms with Crippen LogP contribution in [-0.2, 0) is 0 Å². The van der Waals surface area contributed by atoms with Gasteiger partial charge in [0, 0.05) is 30.1 Å². The first-order valence-corrected chi connectivity index (χ1v) is 7.15. The molecule has 1 N–H and O–H groups in total. The Kier molecular flexibility index (Phi) is 4.29. The van der Waals surface area contributed by atoms with Gasteiger partial charge in [-0.1, -0.05) is 6.07 Å². The van der Waals surface area contributed by atoms with Gasteiger partial charge in [-0.05, 0) is 31.2 Å². The number of aliphatic hydroxyl groups is 1. The van der Waals surface area contributed by atoms with Gasteiger partial charge in [-0.2, -0.15) is 11.8 Å². The van der Waals surface area contributed by atoms with Crippen LogP contribution in [0.4, 0.5) is 10.1 Å². The second-order valence-corrected chi connectivity index (χ2v) is 5.53. The van der Waals surface area contributed by atoms with E-state index in [2.05, 4.69) is 4.90 Å². The lowest BCUT2D eigenvalue weighted by Crippen LogP contribution is -2.27. The van der Waals surface area contributed by atoms with Crippen molar-refractivity contribution in [1.29, 1.82) is 0 Å². The largest absolute Gasteiger partial charge is 0.389 e. The molecule has 0 bridgehead atoms. The summed E-state index contributed by atoms with van der Waals surface area (Å²) < 4.78 is 13.8. The number of thioether (sulfide) groups is 1. The van der Waals surface area contributed by atoms with Gasteiger partial charge in [0.05, 0.1) is 6.10 Å². The average Bonchev–Trinajstić information content (AvgIpc) is 2.56. The topological polar surface area (TPSA) is 23.5 Å². The standard InChI is InChI=1S/C13H18FNOS/c1-10(16)13-11(14)4-2-5-12(13)15-6-3-8-17-9-7-15/h2,4-5,10,16H,3,6-9H2,1H3. The molecule has 0 amide bonds. The lowest BCUT2D eigenvalue weighted by atomic mass is 10.1. The van der Waals surface area contributed by atoms with Crippen LogP contribution in [0.15, 0.2) is 18.2 Å². The van der Waals surface area contributed by atoms with E-state index in [1.54, 1.807) is 13.0 Å². The van der Waals surface area contributed by atoms with Crippen LogP contribution in [0.25, 0.3) is 0 Å². The van der Waals surface area contributed by atoms with Gasteiger partial charge in [0.25, 0.3) is 0 Å². The van der Waals surface area contributed by atoms with E-state index in [9.17, 15) is 9.50 Å². The quantitative estimate of drug-likeness (QED) is 0.879. The lowest BCUT2D eigenvalue weighted by molar-refractivity contribution is 0.194. The Morgan fingerprint density at radius 1 is 1.35 bits per heavy atom. The normalized spacial score (nSPS) is 18.9. The summed E-state index contributed by atoms with van der Waals surface area (Å²) in [5.41, 5.74) is 1.28. The summed E-state index contributed by atoms with van der Waals surface area (Å²) in [6.07, 6.45) is 0.350. The second kappa shape index (κ2) is 5.74. The third kappa shape index (κ3) is 2.93. The van der Waals surface area contributed by atoms with E-state index in [1.165, 1.54) is 6.07 Å². The van der Waals surface area contributed by atoms with E-state index in [0.29, 0.717) is 5.56 Å². The Hall–Kier alpha value is -0.740. The van der Waals surface area contributed by atoms with Crippen molar-refractivity contribution >= 4 is 17.4 Å². The van der Waals surface area contributed by atoms with Crippen LogP contribution in [0.1, 0.15) is 25.0 Å². The first-order chi connectivity index (χ1) is 8.20. The smallest absolute Gasteiger partial charge is 0.131 e. The molecule has 0 aromatic heterocycles. The fourth-order valence-electron chi connectivity index (χ4n) is 2.20. The van der Waals surface area contributed by atoms with Crippen molar-refractivity contribution in [3.8, 4) is 0 Å². The second-order valence-electron chi connectivity index (χ2n) is 4.30. The maximum absolute atomic E-state index is 13.8. The van der Waals surface area contributed by atoms with Crippen LogP contribution in [0.3, 0.4) is 0 Å². The van der Waals surface area contributed by atoms with Crippen LogP contribution in [0, 0.1) is 5.82 Å². The third-order valence-electron chi connectivity index (χ3n) is 3.01. The fourth-order valence-corrected chi connectivity index (χ4v) is 3.09. The minimum atomic E-state index is -0.762. The molecule has 1 aromatic carbocycles. The molecular weight excluding hydrogens is 237 g/mol. The summed E-state index contributed by atoms with van der Waals surface area (Å²) in [5, 5.41) is 9.71. The summed E-state index contributed by atoms with van der Waals surface area (Å²) in [4.78, 5) is 2.19. The predicted octanol–water partition coefficient (Wildman–Crippen LogP) is 2.82. The summed E-state index contributed by atoms with van der Waals surface area (Å²) in [7, 11) is 0. The Morgan fingerprint density at radius 2 is 2.18 bits per heavy atom. The van der Waals surface area contributed by atoms with E-state index in [1.807, 2.05) is 17.8 Å². The van der Waals surface area contributed by atoms with E-state index < -0.39 is 6.10 Å². The van der Waals surface area contributed by atoms with Gasteiger partial charge in [0.2, 0.25) is 0 Å². The summed E-state index contributed by atoms with van der Waals surface area (Å²) in [6, 6.07) is 5.04. The molecule has 1 aromatic rings. The molecule has 1 fully saturated rings. The number of aliphatic hydroxyl groups excluding tert-OH is 1. The molecule has 0 aliphatic carbocycles. The van der Waals surface area contributed by atoms with Gasteiger partial charge < -0.3 is 10.0 Å². The summed E-state index contributed by atoms with van der Waals surface area (Å²) >= 11 is 1.93. The Bertz CT molecular complexity index is 376. The number of hydrogen-bond acceptors (Lipinski definition) is 3. The lowest BCUT2D eigenvalue weighted by Gasteiger charge is -2.26. The zero-order valence-corrected chi connectivity index (χ0v) is 10.8. The van der Waals surface area contributed by atoms with Gasteiger partial charge in [0.1, 0.15) is 5.82 Å². The average molecular weight is 255 g/mol. The maximum Gasteiger partial charge on any atom is 0.131 e. The van der Waals surface area contributed by atoms with Crippen LogP contribution in [-0.4, -0.2) is 29.7 Å². The van der Waals surface area contributed by atoms with Crippen molar-refractivity contribution < 1.29 is 9.50 Å². The zero-order valence-electron chi connectivity index (χ0n) is 10.0. The molecule has 94 valence electrons. The van der Waals surface area contributed by atoms with Gasteiger partial charge in [-0.3, -0.25) is 0 Å². The summed E-state index contributed by atoms with van der Waals surface area (Å²) in [6.45, 7) is 3.48. The molecule has 4 heteroatoms. The number of anilines is 1. The number of hydrogen-bond donors (Lipinski definition) is 1. The van der Waals surface area contributed by atoms with Crippen molar-refractivity contribution in [2.24, 2.45) is 0 Å². The molecule has 17 heavy (non-hydrogen) atoms. The number of rotatable bonds is 2. The maximum atomic E-state index is 13.8. The van der Waals surface area contributed by atoms with Crippen LogP contribution >= 0.6 is 11.8 Å². The van der Waals surface area contributed by atoms with Crippen molar-refractivity contribution in [1.82, 2.24) is 0 Å². The molecule has 2 rings (SSSR count). The number of nitrogens with zero attached hydrogens (tertiary/aromatic N) is 1. The zero-order chi connectivity index (χ0) is 12.3. The molecular formula is C13H18FNOS. The molecule has 1 unspecified atom stereocenters. The highest BCUT2D eigenvalue weighted by Crippen LogP contribution is 2.30. The van der Waals surface area contributed by atoms with Gasteiger partial charge in [-0.25, -0.2) is 4.39 Å². The van der Waals surface area contributed by atoms with Crippen LogP contribution < -0.4 is 4.90 Å². The van der Waals surface area contributed by atoms with Crippen molar-refractivity contribution in [2.45, 2.75) is 19.4 Å². The Balaban J connectivity index is 2.32. The molecule has 2 nitrogen and oxygen atoms in total. The Morgan fingerprint density at radius 3 is 2.94 bits per heavy atom.